The van der Waals surface area contributed by atoms with E-state index >= 15 is 0 Å². The van der Waals surface area contributed by atoms with Crippen LogP contribution in [0.25, 0.3) is 0 Å². The number of nitrogens with zero attached hydrogens (tertiary/aromatic N) is 1. The lowest BCUT2D eigenvalue weighted by Gasteiger charge is -2.17. The number of hydrogen-bond donors (Lipinski definition) is 1. The minimum Gasteiger partial charge on any atom is -0.309 e. The van der Waals surface area contributed by atoms with Crippen molar-refractivity contribution in [1.29, 1.82) is 0 Å². The van der Waals surface area contributed by atoms with Crippen molar-refractivity contribution >= 4 is 27.3 Å². The summed E-state index contributed by atoms with van der Waals surface area (Å²) in [5, 5.41) is 5.69. The average molecular weight is 325 g/mol. The van der Waals surface area contributed by atoms with Crippen LogP contribution in [0.3, 0.4) is 0 Å². The van der Waals surface area contributed by atoms with Crippen LogP contribution in [0.4, 0.5) is 0 Å². The molecule has 1 N–H and O–H groups in total. The summed E-state index contributed by atoms with van der Waals surface area (Å²) in [7, 11) is 0. The van der Waals surface area contributed by atoms with Crippen molar-refractivity contribution in [2.45, 2.75) is 25.8 Å². The monoisotopic (exact) mass is 324 g/mol. The first-order chi connectivity index (χ1) is 8.81. The van der Waals surface area contributed by atoms with Gasteiger partial charge in [-0.15, -0.1) is 11.3 Å². The van der Waals surface area contributed by atoms with Crippen LogP contribution in [0, 0.1) is 0 Å². The van der Waals surface area contributed by atoms with Crippen LogP contribution in [0.1, 0.15) is 29.8 Å². The molecule has 0 amide bonds. The topological polar surface area (TPSA) is 24.9 Å². The molecule has 2 aromatic heterocycles. The summed E-state index contributed by atoms with van der Waals surface area (Å²) >= 11 is 5.43. The van der Waals surface area contributed by atoms with E-state index in [0.717, 1.165) is 19.4 Å². The van der Waals surface area contributed by atoms with Crippen LogP contribution in [-0.4, -0.2) is 11.5 Å². The molecule has 0 bridgehead atoms. The molecule has 0 aliphatic heterocycles. The molecular formula is C14H17BrN2S. The molecule has 2 rings (SSSR count). The number of halogens is 1. The number of hydrogen-bond acceptors (Lipinski definition) is 3. The van der Waals surface area contributed by atoms with Gasteiger partial charge in [-0.2, -0.15) is 0 Å². The average Bonchev–Trinajstić information content (AvgIpc) is 2.82. The van der Waals surface area contributed by atoms with E-state index in [2.05, 4.69) is 50.7 Å². The summed E-state index contributed by atoms with van der Waals surface area (Å²) in [5.41, 5.74) is 1.30. The second-order valence-electron chi connectivity index (χ2n) is 4.14. The molecule has 1 unspecified atom stereocenters. The fraction of sp³-hybridized carbons (Fsp3) is 0.357. The zero-order valence-electron chi connectivity index (χ0n) is 10.4. The lowest BCUT2D eigenvalue weighted by atomic mass is 10.1. The van der Waals surface area contributed by atoms with Crippen LogP contribution in [-0.2, 0) is 6.42 Å². The van der Waals surface area contributed by atoms with E-state index in [0.29, 0.717) is 6.04 Å². The molecule has 2 nitrogen and oxygen atoms in total. The number of aryl methyl sites for hydroxylation is 1. The molecular weight excluding hydrogens is 308 g/mol. The zero-order chi connectivity index (χ0) is 12.8. The Morgan fingerprint density at radius 1 is 1.44 bits per heavy atom. The molecule has 0 aromatic carbocycles. The number of pyridine rings is 1. The normalized spacial score (nSPS) is 12.6. The predicted molar refractivity (Wildman–Crippen MR) is 81.0 cm³/mol. The van der Waals surface area contributed by atoms with Gasteiger partial charge in [-0.25, -0.2) is 0 Å². The van der Waals surface area contributed by atoms with Crippen LogP contribution in [0.15, 0.2) is 40.4 Å². The van der Waals surface area contributed by atoms with Crippen molar-refractivity contribution < 1.29 is 0 Å². The molecule has 0 saturated heterocycles. The fourth-order valence-corrected chi connectivity index (χ4v) is 3.74. The van der Waals surface area contributed by atoms with Crippen molar-refractivity contribution in [1.82, 2.24) is 10.3 Å². The lowest BCUT2D eigenvalue weighted by molar-refractivity contribution is 0.521. The molecule has 18 heavy (non-hydrogen) atoms. The highest BCUT2D eigenvalue weighted by Gasteiger charge is 2.14. The Balaban J connectivity index is 2.01. The second-order valence-corrected chi connectivity index (χ2v) is 5.95. The fourth-order valence-electron chi connectivity index (χ4n) is 1.98. The van der Waals surface area contributed by atoms with Gasteiger partial charge in [0.1, 0.15) is 0 Å². The Morgan fingerprint density at radius 3 is 2.94 bits per heavy atom. The van der Waals surface area contributed by atoms with E-state index in [1.807, 2.05) is 29.8 Å². The van der Waals surface area contributed by atoms with Gasteiger partial charge in [0.15, 0.2) is 0 Å². The van der Waals surface area contributed by atoms with Crippen LogP contribution in [0.2, 0.25) is 0 Å². The number of nitrogens with one attached hydrogen (secondary N) is 1. The zero-order valence-corrected chi connectivity index (χ0v) is 12.8. The molecule has 0 radical (unpaired) electrons. The molecule has 2 heterocycles. The van der Waals surface area contributed by atoms with E-state index in [4.69, 9.17) is 0 Å². The highest BCUT2D eigenvalue weighted by Crippen LogP contribution is 2.31. The summed E-state index contributed by atoms with van der Waals surface area (Å²) in [6.07, 6.45) is 5.92. The SMILES string of the molecule is CCNC(CCc1cccnc1)c1sccc1Br. The predicted octanol–water partition coefficient (Wildman–Crippen LogP) is 4.19. The minimum atomic E-state index is 0.421. The van der Waals surface area contributed by atoms with Gasteiger partial charge in [0.2, 0.25) is 0 Å². The Hall–Kier alpha value is -0.710. The van der Waals surface area contributed by atoms with Gasteiger partial charge in [0.25, 0.3) is 0 Å². The molecule has 0 aliphatic carbocycles. The first-order valence-corrected chi connectivity index (χ1v) is 7.83. The third kappa shape index (κ3) is 3.64. The van der Waals surface area contributed by atoms with Gasteiger partial charge in [-0.05, 0) is 58.4 Å². The Morgan fingerprint density at radius 2 is 2.33 bits per heavy atom. The molecule has 4 heteroatoms. The third-order valence-corrected chi connectivity index (χ3v) is 4.84. The quantitative estimate of drug-likeness (QED) is 0.861. The molecule has 0 fully saturated rings. The maximum Gasteiger partial charge on any atom is 0.0429 e. The minimum absolute atomic E-state index is 0.421. The van der Waals surface area contributed by atoms with Crippen molar-refractivity contribution in [3.05, 3.63) is 50.9 Å². The highest BCUT2D eigenvalue weighted by atomic mass is 79.9. The smallest absolute Gasteiger partial charge is 0.0429 e. The number of aromatic nitrogens is 1. The van der Waals surface area contributed by atoms with E-state index < -0.39 is 0 Å². The summed E-state index contributed by atoms with van der Waals surface area (Å²) in [6.45, 7) is 3.14. The van der Waals surface area contributed by atoms with Gasteiger partial charge in [-0.3, -0.25) is 4.98 Å². The van der Waals surface area contributed by atoms with Gasteiger partial charge >= 0.3 is 0 Å². The first kappa shape index (κ1) is 13.7. The summed E-state index contributed by atoms with van der Waals surface area (Å²) in [5.74, 6) is 0. The summed E-state index contributed by atoms with van der Waals surface area (Å²) < 4.78 is 1.21. The molecule has 1 atom stereocenters. The van der Waals surface area contributed by atoms with E-state index in [-0.39, 0.29) is 0 Å². The van der Waals surface area contributed by atoms with Crippen molar-refractivity contribution in [2.24, 2.45) is 0 Å². The summed E-state index contributed by atoms with van der Waals surface area (Å²) in [4.78, 5) is 5.55. The maximum absolute atomic E-state index is 4.16. The lowest BCUT2D eigenvalue weighted by Crippen LogP contribution is -2.20. The standard InChI is InChI=1S/C14H17BrN2S/c1-2-17-13(14-12(15)7-9-18-14)6-5-11-4-3-8-16-10-11/h3-4,7-10,13,17H,2,5-6H2,1H3. The Labute approximate surface area is 121 Å². The van der Waals surface area contributed by atoms with Crippen molar-refractivity contribution in [3.8, 4) is 0 Å². The Kier molecular flexibility index (Phi) is 5.35. The molecule has 2 aromatic rings. The molecule has 0 saturated carbocycles. The molecule has 96 valence electrons. The third-order valence-electron chi connectivity index (χ3n) is 2.86. The van der Waals surface area contributed by atoms with Crippen LogP contribution in [0.5, 0.6) is 0 Å². The first-order valence-electron chi connectivity index (χ1n) is 6.16. The largest absolute Gasteiger partial charge is 0.309 e. The van der Waals surface area contributed by atoms with Gasteiger partial charge < -0.3 is 5.32 Å². The van der Waals surface area contributed by atoms with Gasteiger partial charge in [-0.1, -0.05) is 13.0 Å². The molecule has 0 aliphatic rings. The van der Waals surface area contributed by atoms with Crippen molar-refractivity contribution in [2.75, 3.05) is 6.54 Å². The van der Waals surface area contributed by atoms with E-state index in [1.54, 1.807) is 0 Å². The van der Waals surface area contributed by atoms with E-state index in [1.165, 1.54) is 14.9 Å². The van der Waals surface area contributed by atoms with Crippen molar-refractivity contribution in [3.63, 3.8) is 0 Å². The number of rotatable bonds is 6. The van der Waals surface area contributed by atoms with Gasteiger partial charge in [0, 0.05) is 27.8 Å². The van der Waals surface area contributed by atoms with E-state index in [9.17, 15) is 0 Å². The van der Waals surface area contributed by atoms with Gasteiger partial charge in [0.05, 0.1) is 0 Å². The molecule has 0 spiro atoms. The maximum atomic E-state index is 4.16. The Bertz CT molecular complexity index is 470. The number of thiophene rings is 1. The van der Waals surface area contributed by atoms with Crippen LogP contribution >= 0.6 is 27.3 Å². The second kappa shape index (κ2) is 7.02. The summed E-state index contributed by atoms with van der Waals surface area (Å²) in [6, 6.07) is 6.68. The van der Waals surface area contributed by atoms with Crippen LogP contribution < -0.4 is 5.32 Å². The highest BCUT2D eigenvalue weighted by molar-refractivity contribution is 9.10.